The minimum absolute atomic E-state index is 0.125. The molecule has 0 bridgehead atoms. The second-order valence-electron chi connectivity index (χ2n) is 4.86. The third-order valence-corrected chi connectivity index (χ3v) is 5.08. The molecular weight excluding hydrogens is 292 g/mol. The third kappa shape index (κ3) is 5.19. The fourth-order valence-electron chi connectivity index (χ4n) is 1.76. The Hall–Kier alpha value is -0.980. The van der Waals surface area contributed by atoms with E-state index in [2.05, 4.69) is 6.92 Å². The van der Waals surface area contributed by atoms with Crippen LogP contribution in [-0.4, -0.2) is 44.2 Å². The number of thiocarbonyl (C=S) groups is 1. The zero-order chi connectivity index (χ0) is 15.2. The van der Waals surface area contributed by atoms with Gasteiger partial charge >= 0.3 is 0 Å². The van der Waals surface area contributed by atoms with Gasteiger partial charge in [0.1, 0.15) is 4.99 Å². The van der Waals surface area contributed by atoms with Gasteiger partial charge in [-0.2, -0.15) is 0 Å². The lowest BCUT2D eigenvalue weighted by Crippen LogP contribution is -2.26. The van der Waals surface area contributed by atoms with Gasteiger partial charge < -0.3 is 10.6 Å². The highest BCUT2D eigenvalue weighted by atomic mass is 32.2. The molecule has 2 N–H and O–H groups in total. The second kappa shape index (κ2) is 7.71. The van der Waals surface area contributed by atoms with Crippen molar-refractivity contribution in [2.45, 2.75) is 24.7 Å². The number of rotatable bonds is 8. The van der Waals surface area contributed by atoms with E-state index in [9.17, 15) is 8.42 Å². The summed E-state index contributed by atoms with van der Waals surface area (Å²) in [6.45, 7) is 3.58. The van der Waals surface area contributed by atoms with Crippen molar-refractivity contribution < 1.29 is 8.42 Å². The van der Waals surface area contributed by atoms with E-state index in [1.54, 1.807) is 24.3 Å². The number of benzene rings is 1. The first-order valence-corrected chi connectivity index (χ1v) is 8.74. The minimum Gasteiger partial charge on any atom is -0.389 e. The van der Waals surface area contributed by atoms with E-state index in [4.69, 9.17) is 18.0 Å². The molecule has 0 spiro atoms. The van der Waals surface area contributed by atoms with Gasteiger partial charge in [-0.25, -0.2) is 8.42 Å². The lowest BCUT2D eigenvalue weighted by Gasteiger charge is -2.16. The second-order valence-corrected chi connectivity index (χ2v) is 7.41. The van der Waals surface area contributed by atoms with E-state index in [1.807, 2.05) is 11.9 Å². The summed E-state index contributed by atoms with van der Waals surface area (Å²) < 4.78 is 24.4. The summed E-state index contributed by atoms with van der Waals surface area (Å²) in [5.74, 6) is 0.125. The van der Waals surface area contributed by atoms with Crippen LogP contribution in [0.5, 0.6) is 0 Å². The predicted octanol–water partition coefficient (Wildman–Crippen LogP) is 1.83. The van der Waals surface area contributed by atoms with Gasteiger partial charge in [-0.3, -0.25) is 0 Å². The van der Waals surface area contributed by atoms with Crippen molar-refractivity contribution >= 4 is 27.0 Å². The highest BCUT2D eigenvalue weighted by Crippen LogP contribution is 2.13. The molecule has 0 aliphatic rings. The quantitative estimate of drug-likeness (QED) is 0.742. The Morgan fingerprint density at radius 2 is 1.85 bits per heavy atom. The van der Waals surface area contributed by atoms with Crippen LogP contribution < -0.4 is 5.73 Å². The molecule has 0 aliphatic carbocycles. The zero-order valence-electron chi connectivity index (χ0n) is 12.0. The summed E-state index contributed by atoms with van der Waals surface area (Å²) in [4.78, 5) is 2.64. The standard InChI is InChI=1S/C14H22N2O2S2/c1-3-4-9-16(2)10-11-20(17,18)13-7-5-12(6-8-13)14(15)19/h5-8H,3-4,9-11H2,1-2H3,(H2,15,19). The Balaban J connectivity index is 2.66. The molecule has 0 saturated carbocycles. The zero-order valence-corrected chi connectivity index (χ0v) is 13.6. The monoisotopic (exact) mass is 314 g/mol. The summed E-state index contributed by atoms with van der Waals surface area (Å²) >= 11 is 4.85. The molecule has 20 heavy (non-hydrogen) atoms. The fraction of sp³-hybridized carbons (Fsp3) is 0.500. The molecule has 0 fully saturated rings. The highest BCUT2D eigenvalue weighted by Gasteiger charge is 2.15. The van der Waals surface area contributed by atoms with Gasteiger partial charge in [0.25, 0.3) is 0 Å². The van der Waals surface area contributed by atoms with E-state index in [0.717, 1.165) is 19.4 Å². The maximum Gasteiger partial charge on any atom is 0.179 e. The Morgan fingerprint density at radius 1 is 1.25 bits per heavy atom. The molecule has 0 amide bonds. The van der Waals surface area contributed by atoms with Crippen molar-refractivity contribution in [1.29, 1.82) is 0 Å². The summed E-state index contributed by atoms with van der Waals surface area (Å²) in [6, 6.07) is 6.43. The van der Waals surface area contributed by atoms with Crippen LogP contribution in [0.25, 0.3) is 0 Å². The molecule has 0 radical (unpaired) electrons. The summed E-state index contributed by atoms with van der Waals surface area (Å²) in [5, 5.41) is 0. The molecule has 0 saturated heterocycles. The van der Waals surface area contributed by atoms with Crippen molar-refractivity contribution in [3.63, 3.8) is 0 Å². The van der Waals surface area contributed by atoms with Gasteiger partial charge in [-0.05, 0) is 32.1 Å². The molecule has 0 aliphatic heterocycles. The predicted molar refractivity (Wildman–Crippen MR) is 86.8 cm³/mol. The normalized spacial score (nSPS) is 11.8. The van der Waals surface area contributed by atoms with E-state index in [-0.39, 0.29) is 10.7 Å². The van der Waals surface area contributed by atoms with Crippen molar-refractivity contribution in [3.05, 3.63) is 29.8 Å². The maximum atomic E-state index is 12.2. The lowest BCUT2D eigenvalue weighted by atomic mass is 10.2. The van der Waals surface area contributed by atoms with Crippen molar-refractivity contribution in [3.8, 4) is 0 Å². The average Bonchev–Trinajstić information content (AvgIpc) is 2.43. The Bertz CT molecular complexity index is 539. The topological polar surface area (TPSA) is 63.4 Å². The van der Waals surface area contributed by atoms with Crippen LogP contribution in [0.1, 0.15) is 25.3 Å². The average molecular weight is 314 g/mol. The molecule has 0 aromatic heterocycles. The Kier molecular flexibility index (Phi) is 6.58. The van der Waals surface area contributed by atoms with Gasteiger partial charge in [0, 0.05) is 12.1 Å². The molecular formula is C14H22N2O2S2. The van der Waals surface area contributed by atoms with Crippen LogP contribution in [0.3, 0.4) is 0 Å². The molecule has 112 valence electrons. The number of unbranched alkanes of at least 4 members (excludes halogenated alkanes) is 1. The molecule has 1 aromatic carbocycles. The number of sulfone groups is 1. The van der Waals surface area contributed by atoms with Crippen LogP contribution in [-0.2, 0) is 9.84 Å². The molecule has 4 nitrogen and oxygen atoms in total. The first kappa shape index (κ1) is 17.1. The molecule has 1 aromatic rings. The van der Waals surface area contributed by atoms with Crippen molar-refractivity contribution in [2.75, 3.05) is 25.9 Å². The third-order valence-electron chi connectivity index (χ3n) is 3.13. The van der Waals surface area contributed by atoms with Gasteiger partial charge in [0.15, 0.2) is 9.84 Å². The van der Waals surface area contributed by atoms with Crippen LogP contribution in [0.4, 0.5) is 0 Å². The molecule has 1 rings (SSSR count). The van der Waals surface area contributed by atoms with Crippen molar-refractivity contribution in [1.82, 2.24) is 4.90 Å². The molecule has 0 heterocycles. The Morgan fingerprint density at radius 3 is 2.35 bits per heavy atom. The number of hydrogen-bond donors (Lipinski definition) is 1. The summed E-state index contributed by atoms with van der Waals surface area (Å²) in [7, 11) is -1.30. The van der Waals surface area contributed by atoms with Gasteiger partial charge in [-0.15, -0.1) is 0 Å². The van der Waals surface area contributed by atoms with Crippen molar-refractivity contribution in [2.24, 2.45) is 5.73 Å². The molecule has 0 unspecified atom stereocenters. The minimum atomic E-state index is -3.25. The number of hydrogen-bond acceptors (Lipinski definition) is 4. The largest absolute Gasteiger partial charge is 0.389 e. The fourth-order valence-corrected chi connectivity index (χ4v) is 3.23. The molecule has 0 atom stereocenters. The van der Waals surface area contributed by atoms with Crippen LogP contribution in [0.15, 0.2) is 29.2 Å². The van der Waals surface area contributed by atoms with Gasteiger partial charge in [0.05, 0.1) is 10.6 Å². The Labute approximate surface area is 126 Å². The summed E-state index contributed by atoms with van der Waals surface area (Å²) in [5.41, 5.74) is 6.17. The smallest absolute Gasteiger partial charge is 0.179 e. The maximum absolute atomic E-state index is 12.2. The van der Waals surface area contributed by atoms with Crippen LogP contribution >= 0.6 is 12.2 Å². The highest BCUT2D eigenvalue weighted by molar-refractivity contribution is 7.91. The van der Waals surface area contributed by atoms with Crippen LogP contribution in [0.2, 0.25) is 0 Å². The lowest BCUT2D eigenvalue weighted by molar-refractivity contribution is 0.346. The number of nitrogens with two attached hydrogens (primary N) is 1. The van der Waals surface area contributed by atoms with Crippen LogP contribution in [0, 0.1) is 0 Å². The number of nitrogens with zero attached hydrogens (tertiary/aromatic N) is 1. The van der Waals surface area contributed by atoms with E-state index in [0.29, 0.717) is 17.0 Å². The van der Waals surface area contributed by atoms with E-state index >= 15 is 0 Å². The molecule has 6 heteroatoms. The summed E-state index contributed by atoms with van der Waals surface area (Å²) in [6.07, 6.45) is 2.19. The first-order chi connectivity index (χ1) is 9.36. The van der Waals surface area contributed by atoms with E-state index in [1.165, 1.54) is 0 Å². The first-order valence-electron chi connectivity index (χ1n) is 6.68. The SMILES string of the molecule is CCCCN(C)CCS(=O)(=O)c1ccc(C(N)=S)cc1. The van der Waals surface area contributed by atoms with Gasteiger partial charge in [-0.1, -0.05) is 37.7 Å². The van der Waals surface area contributed by atoms with Gasteiger partial charge in [0.2, 0.25) is 0 Å². The van der Waals surface area contributed by atoms with E-state index < -0.39 is 9.84 Å².